The number of aromatic nitrogens is 2. The van der Waals surface area contributed by atoms with E-state index in [2.05, 4.69) is 4.98 Å². The van der Waals surface area contributed by atoms with Gasteiger partial charge in [0.05, 0.1) is 15.8 Å². The lowest BCUT2D eigenvalue weighted by Gasteiger charge is -1.93. The number of aryl methyl sites for hydroxylation is 1. The van der Waals surface area contributed by atoms with Gasteiger partial charge in [0.1, 0.15) is 0 Å². The van der Waals surface area contributed by atoms with Crippen LogP contribution < -0.4 is 0 Å². The number of hydrogen-bond donors (Lipinski definition) is 0. The molecule has 5 nitrogen and oxygen atoms in total. The highest BCUT2D eigenvalue weighted by molar-refractivity contribution is 6.33. The second kappa shape index (κ2) is 2.95. The zero-order valence-electron chi connectivity index (χ0n) is 7.27. The van der Waals surface area contributed by atoms with Gasteiger partial charge in [0.25, 0.3) is 0 Å². The Morgan fingerprint density at radius 3 is 3.00 bits per heavy atom. The van der Waals surface area contributed by atoms with Crippen molar-refractivity contribution in [2.75, 3.05) is 0 Å². The maximum atomic E-state index is 10.7. The molecule has 2 heterocycles. The quantitative estimate of drug-likeness (QED) is 0.536. The fourth-order valence-corrected chi connectivity index (χ4v) is 1.67. The first kappa shape index (κ1) is 8.96. The first-order valence-corrected chi connectivity index (χ1v) is 4.23. The molecule has 0 aliphatic heterocycles. The van der Waals surface area contributed by atoms with Crippen LogP contribution in [0.3, 0.4) is 0 Å². The summed E-state index contributed by atoms with van der Waals surface area (Å²) in [6, 6.07) is 1.69. The van der Waals surface area contributed by atoms with Crippen molar-refractivity contribution in [1.29, 1.82) is 0 Å². The Labute approximate surface area is 84.1 Å². The summed E-state index contributed by atoms with van der Waals surface area (Å²) < 4.78 is 1.57. The van der Waals surface area contributed by atoms with Crippen LogP contribution in [0, 0.1) is 10.1 Å². The Hall–Kier alpha value is -1.62. The third kappa shape index (κ3) is 1.06. The topological polar surface area (TPSA) is 61.0 Å². The van der Waals surface area contributed by atoms with E-state index in [1.807, 2.05) is 0 Å². The van der Waals surface area contributed by atoms with Crippen LogP contribution in [-0.2, 0) is 7.05 Å². The molecule has 0 unspecified atom stereocenters. The summed E-state index contributed by atoms with van der Waals surface area (Å²) in [5.74, 6) is 0. The molecule has 0 saturated heterocycles. The Bertz CT molecular complexity index is 521. The van der Waals surface area contributed by atoms with E-state index in [1.54, 1.807) is 23.9 Å². The fourth-order valence-electron chi connectivity index (χ4n) is 1.41. The van der Waals surface area contributed by atoms with Crippen LogP contribution in [0.5, 0.6) is 0 Å². The summed E-state index contributed by atoms with van der Waals surface area (Å²) in [5, 5.41) is 11.3. The van der Waals surface area contributed by atoms with E-state index in [9.17, 15) is 10.1 Å². The zero-order valence-corrected chi connectivity index (χ0v) is 8.02. The molecule has 14 heavy (non-hydrogen) atoms. The van der Waals surface area contributed by atoms with Crippen molar-refractivity contribution in [3.05, 3.63) is 33.7 Å². The van der Waals surface area contributed by atoms with Gasteiger partial charge in [0.2, 0.25) is 0 Å². The second-order valence-corrected chi connectivity index (χ2v) is 3.21. The van der Waals surface area contributed by atoms with Crippen LogP contribution in [-0.4, -0.2) is 14.5 Å². The molecule has 0 aliphatic carbocycles. The largest absolute Gasteiger partial charge is 0.329 e. The molecular formula is C8H6ClN3O2. The molecule has 6 heteroatoms. The Morgan fingerprint density at radius 2 is 2.36 bits per heavy atom. The first-order valence-electron chi connectivity index (χ1n) is 3.85. The van der Waals surface area contributed by atoms with E-state index in [4.69, 9.17) is 11.6 Å². The maximum absolute atomic E-state index is 10.7. The normalized spacial score (nSPS) is 10.7. The van der Waals surface area contributed by atoms with Gasteiger partial charge < -0.3 is 4.57 Å². The summed E-state index contributed by atoms with van der Waals surface area (Å²) in [5.41, 5.74) is 0.619. The lowest BCUT2D eigenvalue weighted by atomic mass is 10.3. The smallest absolute Gasteiger partial charge is 0.315 e. The molecule has 0 N–H and O–H groups in total. The molecule has 0 fully saturated rings. The number of halogens is 1. The zero-order chi connectivity index (χ0) is 10.3. The number of hydrogen-bond acceptors (Lipinski definition) is 3. The molecular weight excluding hydrogens is 206 g/mol. The van der Waals surface area contributed by atoms with Gasteiger partial charge in [-0.25, -0.2) is 0 Å². The molecule has 0 radical (unpaired) electrons. The van der Waals surface area contributed by atoms with Crippen molar-refractivity contribution in [1.82, 2.24) is 9.55 Å². The lowest BCUT2D eigenvalue weighted by Crippen LogP contribution is -1.89. The average Bonchev–Trinajstić information content (AvgIpc) is 2.41. The second-order valence-electron chi connectivity index (χ2n) is 2.85. The molecule has 0 aromatic carbocycles. The van der Waals surface area contributed by atoms with Gasteiger partial charge in [-0.3, -0.25) is 15.1 Å². The van der Waals surface area contributed by atoms with Crippen LogP contribution in [0.2, 0.25) is 5.15 Å². The van der Waals surface area contributed by atoms with E-state index in [-0.39, 0.29) is 10.8 Å². The maximum Gasteiger partial charge on any atom is 0.315 e. The molecule has 0 amide bonds. The number of nitro groups is 1. The highest BCUT2D eigenvalue weighted by atomic mass is 35.5. The number of rotatable bonds is 1. The molecule has 0 atom stereocenters. The Morgan fingerprint density at radius 1 is 1.64 bits per heavy atom. The van der Waals surface area contributed by atoms with Gasteiger partial charge in [-0.15, -0.1) is 0 Å². The fraction of sp³-hybridized carbons (Fsp3) is 0.125. The molecule has 2 aromatic rings. The third-order valence-corrected chi connectivity index (χ3v) is 2.52. The van der Waals surface area contributed by atoms with Crippen LogP contribution in [0.15, 0.2) is 18.5 Å². The monoisotopic (exact) mass is 211 g/mol. The van der Waals surface area contributed by atoms with Crippen molar-refractivity contribution in [3.8, 4) is 0 Å². The van der Waals surface area contributed by atoms with E-state index in [1.165, 1.54) is 6.20 Å². The molecule has 0 bridgehead atoms. The van der Waals surface area contributed by atoms with Crippen molar-refractivity contribution in [2.24, 2.45) is 7.05 Å². The van der Waals surface area contributed by atoms with Crippen LogP contribution in [0.4, 0.5) is 5.69 Å². The van der Waals surface area contributed by atoms with Crippen LogP contribution >= 0.6 is 11.6 Å². The van der Waals surface area contributed by atoms with Crippen molar-refractivity contribution < 1.29 is 4.92 Å². The standard InChI is InChI=1S/C8H6ClN3O2/c1-11-6-2-3-10-4-5(6)7(8(11)9)12(13)14/h2-4H,1H3. The molecule has 0 saturated carbocycles. The Balaban J connectivity index is 2.95. The third-order valence-electron chi connectivity index (χ3n) is 2.09. The number of pyridine rings is 1. The highest BCUT2D eigenvalue weighted by Gasteiger charge is 2.22. The van der Waals surface area contributed by atoms with Crippen molar-refractivity contribution >= 4 is 28.2 Å². The number of nitrogens with zero attached hydrogens (tertiary/aromatic N) is 3. The summed E-state index contributed by atoms with van der Waals surface area (Å²) in [6.45, 7) is 0. The molecule has 0 aliphatic rings. The van der Waals surface area contributed by atoms with Crippen LogP contribution in [0.1, 0.15) is 0 Å². The van der Waals surface area contributed by atoms with Gasteiger partial charge in [0.15, 0.2) is 5.15 Å². The van der Waals surface area contributed by atoms with E-state index in [0.29, 0.717) is 10.9 Å². The van der Waals surface area contributed by atoms with Gasteiger partial charge in [-0.2, -0.15) is 0 Å². The molecule has 2 rings (SSSR count). The summed E-state index contributed by atoms with van der Waals surface area (Å²) in [4.78, 5) is 14.1. The van der Waals surface area contributed by atoms with Gasteiger partial charge in [0, 0.05) is 19.4 Å². The van der Waals surface area contributed by atoms with Crippen molar-refractivity contribution in [3.63, 3.8) is 0 Å². The minimum Gasteiger partial charge on any atom is -0.329 e. The summed E-state index contributed by atoms with van der Waals surface area (Å²) in [7, 11) is 1.68. The van der Waals surface area contributed by atoms with Crippen molar-refractivity contribution in [2.45, 2.75) is 0 Å². The van der Waals surface area contributed by atoms with Gasteiger partial charge in [-0.05, 0) is 6.07 Å². The Kier molecular flexibility index (Phi) is 1.89. The summed E-state index contributed by atoms with van der Waals surface area (Å²) in [6.07, 6.45) is 3.02. The summed E-state index contributed by atoms with van der Waals surface area (Å²) >= 11 is 5.83. The molecule has 0 spiro atoms. The van der Waals surface area contributed by atoms with Gasteiger partial charge >= 0.3 is 5.69 Å². The minimum absolute atomic E-state index is 0.0859. The van der Waals surface area contributed by atoms with E-state index >= 15 is 0 Å². The molecule has 72 valence electrons. The number of fused-ring (bicyclic) bond motifs is 1. The first-order chi connectivity index (χ1) is 6.63. The minimum atomic E-state index is -0.494. The van der Waals surface area contributed by atoms with Crippen LogP contribution in [0.25, 0.3) is 10.9 Å². The van der Waals surface area contributed by atoms with E-state index < -0.39 is 4.92 Å². The predicted octanol–water partition coefficient (Wildman–Crippen LogP) is 2.13. The SMILES string of the molecule is Cn1c(Cl)c([N+](=O)[O-])c2cnccc21. The molecule has 2 aromatic heterocycles. The average molecular weight is 212 g/mol. The highest BCUT2D eigenvalue weighted by Crippen LogP contribution is 2.34. The van der Waals surface area contributed by atoms with Gasteiger partial charge in [-0.1, -0.05) is 11.6 Å². The predicted molar refractivity (Wildman–Crippen MR) is 52.4 cm³/mol. The van der Waals surface area contributed by atoms with E-state index in [0.717, 1.165) is 0 Å². The lowest BCUT2D eigenvalue weighted by molar-refractivity contribution is -0.383.